The monoisotopic (exact) mass is 308 g/mol. The Morgan fingerprint density at radius 1 is 0.857 bits per heavy atom. The number of phenols is 1. The predicted molar refractivity (Wildman–Crippen MR) is 95.4 cm³/mol. The Bertz CT molecular complexity index is 376. The van der Waals surface area contributed by atoms with Gasteiger partial charge in [-0.2, -0.15) is 0 Å². The molecule has 0 aliphatic carbocycles. The van der Waals surface area contributed by atoms with Gasteiger partial charge >= 0.3 is 0 Å². The summed E-state index contributed by atoms with van der Waals surface area (Å²) in [4.78, 5) is 1.28. The van der Waals surface area contributed by atoms with Crippen LogP contribution in [0.2, 0.25) is 0 Å². The zero-order valence-corrected chi connectivity index (χ0v) is 14.7. The molecule has 1 N–H and O–H groups in total. The van der Waals surface area contributed by atoms with Crippen molar-refractivity contribution in [2.45, 2.75) is 83.0 Å². The number of aromatic hydroxyl groups is 1. The molecule has 0 aliphatic rings. The van der Waals surface area contributed by atoms with E-state index in [0.717, 1.165) is 5.56 Å². The van der Waals surface area contributed by atoms with Crippen molar-refractivity contribution in [3.63, 3.8) is 0 Å². The van der Waals surface area contributed by atoms with Gasteiger partial charge in [-0.1, -0.05) is 64.7 Å². The Hall–Kier alpha value is -0.630. The fourth-order valence-corrected chi connectivity index (χ4v) is 3.51. The lowest BCUT2D eigenvalue weighted by molar-refractivity contribution is 0.470. The van der Waals surface area contributed by atoms with Gasteiger partial charge in [0, 0.05) is 4.90 Å². The van der Waals surface area contributed by atoms with Gasteiger partial charge in [0.2, 0.25) is 0 Å². The van der Waals surface area contributed by atoms with Crippen LogP contribution in [-0.4, -0.2) is 10.9 Å². The fraction of sp³-hybridized carbons (Fsp3) is 0.684. The lowest BCUT2D eigenvalue weighted by atomic mass is 10.1. The average molecular weight is 309 g/mol. The SMILES string of the molecule is CCCCCCCCCCCCSc1ccc(O)c(C)c1. The molecule has 0 aliphatic heterocycles. The maximum Gasteiger partial charge on any atom is 0.118 e. The minimum Gasteiger partial charge on any atom is -0.508 e. The van der Waals surface area contributed by atoms with Crippen LogP contribution in [0.4, 0.5) is 0 Å². The summed E-state index contributed by atoms with van der Waals surface area (Å²) in [5, 5.41) is 9.49. The number of aryl methyl sites for hydroxylation is 1. The van der Waals surface area contributed by atoms with E-state index in [0.29, 0.717) is 5.75 Å². The topological polar surface area (TPSA) is 20.2 Å². The third-order valence-electron chi connectivity index (χ3n) is 3.93. The zero-order chi connectivity index (χ0) is 15.3. The normalized spacial score (nSPS) is 11.0. The van der Waals surface area contributed by atoms with Gasteiger partial charge in [0.05, 0.1) is 0 Å². The van der Waals surface area contributed by atoms with E-state index in [4.69, 9.17) is 0 Å². The number of unbranched alkanes of at least 4 members (excludes halogenated alkanes) is 9. The number of benzene rings is 1. The lowest BCUT2D eigenvalue weighted by Gasteiger charge is -2.05. The first-order chi connectivity index (χ1) is 10.2. The second-order valence-electron chi connectivity index (χ2n) is 5.98. The second kappa shape index (κ2) is 12.0. The molecule has 0 atom stereocenters. The molecule has 1 aromatic carbocycles. The molecule has 0 unspecified atom stereocenters. The molecular formula is C19H32OS. The van der Waals surface area contributed by atoms with E-state index in [-0.39, 0.29) is 0 Å². The summed E-state index contributed by atoms with van der Waals surface area (Å²) >= 11 is 1.91. The van der Waals surface area contributed by atoms with E-state index in [2.05, 4.69) is 13.0 Å². The lowest BCUT2D eigenvalue weighted by Crippen LogP contribution is -1.84. The Labute approximate surface area is 135 Å². The van der Waals surface area contributed by atoms with E-state index in [9.17, 15) is 5.11 Å². The Morgan fingerprint density at radius 3 is 2.00 bits per heavy atom. The molecule has 0 saturated heterocycles. The van der Waals surface area contributed by atoms with Crippen molar-refractivity contribution in [3.05, 3.63) is 23.8 Å². The van der Waals surface area contributed by atoms with Crippen LogP contribution in [0, 0.1) is 6.92 Å². The van der Waals surface area contributed by atoms with Crippen molar-refractivity contribution in [1.82, 2.24) is 0 Å². The van der Waals surface area contributed by atoms with Crippen molar-refractivity contribution in [1.29, 1.82) is 0 Å². The molecule has 0 bridgehead atoms. The third-order valence-corrected chi connectivity index (χ3v) is 5.01. The molecule has 1 nitrogen and oxygen atoms in total. The van der Waals surface area contributed by atoms with Gasteiger partial charge in [0.15, 0.2) is 0 Å². The van der Waals surface area contributed by atoms with E-state index in [1.807, 2.05) is 24.8 Å². The molecule has 0 heterocycles. The Balaban J connectivity index is 1.91. The molecule has 1 rings (SSSR count). The summed E-state index contributed by atoms with van der Waals surface area (Å²) in [5.41, 5.74) is 0.975. The average Bonchev–Trinajstić information content (AvgIpc) is 2.48. The molecule has 1 aromatic rings. The van der Waals surface area contributed by atoms with Crippen molar-refractivity contribution in [3.8, 4) is 5.75 Å². The number of hydrogen-bond acceptors (Lipinski definition) is 2. The molecule has 2 heteroatoms. The first kappa shape index (κ1) is 18.4. The number of rotatable bonds is 12. The van der Waals surface area contributed by atoms with Crippen LogP contribution in [0.5, 0.6) is 5.75 Å². The summed E-state index contributed by atoms with van der Waals surface area (Å²) in [5.74, 6) is 1.60. The molecule has 120 valence electrons. The van der Waals surface area contributed by atoms with Gasteiger partial charge < -0.3 is 5.11 Å². The van der Waals surface area contributed by atoms with Crippen molar-refractivity contribution in [2.24, 2.45) is 0 Å². The van der Waals surface area contributed by atoms with Gasteiger partial charge in [-0.05, 0) is 42.9 Å². The van der Waals surface area contributed by atoms with Crippen molar-refractivity contribution < 1.29 is 5.11 Å². The summed E-state index contributed by atoms with van der Waals surface area (Å²) in [6.45, 7) is 4.23. The summed E-state index contributed by atoms with van der Waals surface area (Å²) in [6, 6.07) is 5.90. The highest BCUT2D eigenvalue weighted by Crippen LogP contribution is 2.25. The molecule has 0 spiro atoms. The van der Waals surface area contributed by atoms with Crippen molar-refractivity contribution >= 4 is 11.8 Å². The smallest absolute Gasteiger partial charge is 0.118 e. The Morgan fingerprint density at radius 2 is 1.43 bits per heavy atom. The van der Waals surface area contributed by atoms with Crippen LogP contribution in [-0.2, 0) is 0 Å². The molecular weight excluding hydrogens is 276 g/mol. The highest BCUT2D eigenvalue weighted by Gasteiger charge is 1.99. The second-order valence-corrected chi connectivity index (χ2v) is 7.15. The molecule has 0 saturated carbocycles. The number of hydrogen-bond donors (Lipinski definition) is 1. The third kappa shape index (κ3) is 9.08. The van der Waals surface area contributed by atoms with Gasteiger partial charge in [-0.3, -0.25) is 0 Å². The number of phenolic OH excluding ortho intramolecular Hbond substituents is 1. The molecule has 0 fully saturated rings. The van der Waals surface area contributed by atoms with E-state index in [1.165, 1.54) is 74.9 Å². The van der Waals surface area contributed by atoms with Gasteiger partial charge in [0.1, 0.15) is 5.75 Å². The number of thioether (sulfide) groups is 1. The molecule has 0 radical (unpaired) electrons. The maximum absolute atomic E-state index is 9.49. The summed E-state index contributed by atoms with van der Waals surface area (Å²) in [7, 11) is 0. The van der Waals surface area contributed by atoms with Crippen LogP contribution >= 0.6 is 11.8 Å². The first-order valence-electron chi connectivity index (χ1n) is 8.66. The van der Waals surface area contributed by atoms with E-state index in [1.54, 1.807) is 6.07 Å². The maximum atomic E-state index is 9.49. The fourth-order valence-electron chi connectivity index (χ4n) is 2.50. The molecule has 21 heavy (non-hydrogen) atoms. The van der Waals surface area contributed by atoms with Crippen LogP contribution in [0.25, 0.3) is 0 Å². The molecule has 0 aromatic heterocycles. The van der Waals surface area contributed by atoms with Crippen LogP contribution < -0.4 is 0 Å². The predicted octanol–water partition coefficient (Wildman–Crippen LogP) is 6.71. The van der Waals surface area contributed by atoms with Crippen LogP contribution in [0.15, 0.2) is 23.1 Å². The van der Waals surface area contributed by atoms with Gasteiger partial charge in [-0.15, -0.1) is 11.8 Å². The minimum atomic E-state index is 0.401. The highest BCUT2D eigenvalue weighted by atomic mass is 32.2. The Kier molecular flexibility index (Phi) is 10.5. The van der Waals surface area contributed by atoms with Gasteiger partial charge in [-0.25, -0.2) is 0 Å². The first-order valence-corrected chi connectivity index (χ1v) is 9.65. The minimum absolute atomic E-state index is 0.401. The van der Waals surface area contributed by atoms with Gasteiger partial charge in [0.25, 0.3) is 0 Å². The standard InChI is InChI=1S/C19H32OS/c1-3-4-5-6-7-8-9-10-11-12-15-21-18-13-14-19(20)17(2)16-18/h13-14,16,20H,3-12,15H2,1-2H3. The van der Waals surface area contributed by atoms with Crippen LogP contribution in [0.1, 0.15) is 76.7 Å². The quantitative estimate of drug-likeness (QED) is 0.342. The highest BCUT2D eigenvalue weighted by molar-refractivity contribution is 7.99. The largest absolute Gasteiger partial charge is 0.508 e. The van der Waals surface area contributed by atoms with Crippen molar-refractivity contribution in [2.75, 3.05) is 5.75 Å². The van der Waals surface area contributed by atoms with E-state index >= 15 is 0 Å². The van der Waals surface area contributed by atoms with E-state index < -0.39 is 0 Å². The summed E-state index contributed by atoms with van der Waals surface area (Å²) < 4.78 is 0. The van der Waals surface area contributed by atoms with Crippen LogP contribution in [0.3, 0.4) is 0 Å². The summed E-state index contributed by atoms with van der Waals surface area (Å²) in [6.07, 6.45) is 13.9. The molecule has 0 amide bonds. The zero-order valence-electron chi connectivity index (χ0n) is 13.9.